The summed E-state index contributed by atoms with van der Waals surface area (Å²) in [6.45, 7) is -0.0323. The highest BCUT2D eigenvalue weighted by molar-refractivity contribution is 14.1. The van der Waals surface area contributed by atoms with Crippen LogP contribution in [0.4, 0.5) is 11.4 Å². The summed E-state index contributed by atoms with van der Waals surface area (Å²) in [4.78, 5) is 11.7. The van der Waals surface area contributed by atoms with Gasteiger partial charge in [0.1, 0.15) is 5.75 Å². The summed E-state index contributed by atoms with van der Waals surface area (Å²) < 4.78 is 6.50. The van der Waals surface area contributed by atoms with E-state index in [1.807, 2.05) is 24.3 Å². The van der Waals surface area contributed by atoms with Gasteiger partial charge in [-0.2, -0.15) is 0 Å². The SMILES string of the molecule is Nc1cccc(NC(=O)COc2ccc(I)cc2)c1. The number of halogens is 1. The number of ether oxygens (including phenoxy) is 1. The molecule has 0 atom stereocenters. The quantitative estimate of drug-likeness (QED) is 0.645. The fourth-order valence-corrected chi connectivity index (χ4v) is 1.85. The molecule has 2 rings (SSSR count). The van der Waals surface area contributed by atoms with Gasteiger partial charge in [-0.1, -0.05) is 6.07 Å². The molecule has 0 aliphatic rings. The molecule has 0 bridgehead atoms. The van der Waals surface area contributed by atoms with Gasteiger partial charge in [0, 0.05) is 14.9 Å². The molecule has 0 saturated carbocycles. The Kier molecular flexibility index (Phi) is 4.62. The summed E-state index contributed by atoms with van der Waals surface area (Å²) in [5.41, 5.74) is 6.90. The van der Waals surface area contributed by atoms with Crippen LogP contribution in [0, 0.1) is 3.57 Å². The van der Waals surface area contributed by atoms with Crippen molar-refractivity contribution in [3.63, 3.8) is 0 Å². The van der Waals surface area contributed by atoms with Crippen LogP contribution in [-0.4, -0.2) is 12.5 Å². The highest BCUT2D eigenvalue weighted by Gasteiger charge is 2.03. The van der Waals surface area contributed by atoms with Gasteiger partial charge in [0.25, 0.3) is 5.91 Å². The predicted octanol–water partition coefficient (Wildman–Crippen LogP) is 2.89. The number of amides is 1. The van der Waals surface area contributed by atoms with Crippen molar-refractivity contribution in [1.29, 1.82) is 0 Å². The van der Waals surface area contributed by atoms with Gasteiger partial charge in [-0.15, -0.1) is 0 Å². The third kappa shape index (κ3) is 4.44. The lowest BCUT2D eigenvalue weighted by Crippen LogP contribution is -2.20. The Morgan fingerprint density at radius 1 is 1.21 bits per heavy atom. The maximum absolute atomic E-state index is 11.7. The van der Waals surface area contributed by atoms with E-state index in [4.69, 9.17) is 10.5 Å². The van der Waals surface area contributed by atoms with Crippen molar-refractivity contribution in [1.82, 2.24) is 0 Å². The van der Waals surface area contributed by atoms with Crippen LogP contribution in [0.5, 0.6) is 5.75 Å². The van der Waals surface area contributed by atoms with Crippen LogP contribution < -0.4 is 15.8 Å². The standard InChI is InChI=1S/C14H13IN2O2/c15-10-4-6-13(7-5-10)19-9-14(18)17-12-3-1-2-11(16)8-12/h1-8H,9,16H2,(H,17,18). The summed E-state index contributed by atoms with van der Waals surface area (Å²) in [6, 6.07) is 14.5. The van der Waals surface area contributed by atoms with Crippen LogP contribution in [0.1, 0.15) is 0 Å². The van der Waals surface area contributed by atoms with Gasteiger partial charge in [0.15, 0.2) is 6.61 Å². The molecule has 0 aromatic heterocycles. The van der Waals surface area contributed by atoms with Crippen molar-refractivity contribution >= 4 is 39.9 Å². The average Bonchev–Trinajstić information content (AvgIpc) is 2.38. The molecule has 3 N–H and O–H groups in total. The molecule has 1 amide bonds. The molecule has 0 unspecified atom stereocenters. The van der Waals surface area contributed by atoms with Crippen molar-refractivity contribution in [3.8, 4) is 5.75 Å². The van der Waals surface area contributed by atoms with Gasteiger partial charge in [0.2, 0.25) is 0 Å². The fraction of sp³-hybridized carbons (Fsp3) is 0.0714. The number of nitrogen functional groups attached to an aromatic ring is 1. The van der Waals surface area contributed by atoms with Crippen LogP contribution in [-0.2, 0) is 4.79 Å². The Labute approximate surface area is 125 Å². The van der Waals surface area contributed by atoms with E-state index in [1.54, 1.807) is 24.3 Å². The predicted molar refractivity (Wildman–Crippen MR) is 84.1 cm³/mol. The Hall–Kier alpha value is -1.76. The van der Waals surface area contributed by atoms with Crippen molar-refractivity contribution in [2.45, 2.75) is 0 Å². The van der Waals surface area contributed by atoms with Crippen LogP contribution in [0.15, 0.2) is 48.5 Å². The molecule has 0 aliphatic carbocycles. The van der Waals surface area contributed by atoms with Gasteiger partial charge in [-0.05, 0) is 65.1 Å². The molecule has 0 radical (unpaired) electrons. The number of benzene rings is 2. The zero-order chi connectivity index (χ0) is 13.7. The van der Waals surface area contributed by atoms with Gasteiger partial charge in [-0.25, -0.2) is 0 Å². The van der Waals surface area contributed by atoms with E-state index in [-0.39, 0.29) is 12.5 Å². The molecule has 4 nitrogen and oxygen atoms in total. The van der Waals surface area contributed by atoms with E-state index in [1.165, 1.54) is 0 Å². The lowest BCUT2D eigenvalue weighted by Gasteiger charge is -2.08. The maximum atomic E-state index is 11.7. The van der Waals surface area contributed by atoms with Gasteiger partial charge in [0.05, 0.1) is 0 Å². The summed E-state index contributed by atoms with van der Waals surface area (Å²) in [6.07, 6.45) is 0. The van der Waals surface area contributed by atoms with E-state index in [0.717, 1.165) is 3.57 Å². The number of anilines is 2. The van der Waals surface area contributed by atoms with E-state index < -0.39 is 0 Å². The summed E-state index contributed by atoms with van der Waals surface area (Å²) in [7, 11) is 0. The monoisotopic (exact) mass is 368 g/mol. The number of nitrogens with two attached hydrogens (primary N) is 1. The first-order valence-electron chi connectivity index (χ1n) is 5.67. The molecule has 98 valence electrons. The molecule has 0 fully saturated rings. The number of hydrogen-bond donors (Lipinski definition) is 2. The third-order valence-electron chi connectivity index (χ3n) is 2.35. The molecule has 0 spiro atoms. The number of carbonyl (C=O) groups is 1. The minimum atomic E-state index is -0.218. The summed E-state index contributed by atoms with van der Waals surface area (Å²) in [5.74, 6) is 0.451. The molecule has 0 aliphatic heterocycles. The fourth-order valence-electron chi connectivity index (χ4n) is 1.49. The van der Waals surface area contributed by atoms with E-state index in [2.05, 4.69) is 27.9 Å². The van der Waals surface area contributed by atoms with Crippen molar-refractivity contribution in [3.05, 3.63) is 52.1 Å². The molecule has 0 saturated heterocycles. The Morgan fingerprint density at radius 2 is 1.95 bits per heavy atom. The van der Waals surface area contributed by atoms with Crippen molar-refractivity contribution in [2.24, 2.45) is 0 Å². The number of hydrogen-bond acceptors (Lipinski definition) is 3. The normalized spacial score (nSPS) is 9.95. The molecule has 5 heteroatoms. The minimum Gasteiger partial charge on any atom is -0.484 e. The Morgan fingerprint density at radius 3 is 2.63 bits per heavy atom. The Balaban J connectivity index is 1.86. The summed E-state index contributed by atoms with van der Waals surface area (Å²) >= 11 is 2.21. The second-order valence-electron chi connectivity index (χ2n) is 3.92. The molecule has 19 heavy (non-hydrogen) atoms. The van der Waals surface area contributed by atoms with Gasteiger partial charge < -0.3 is 15.8 Å². The lowest BCUT2D eigenvalue weighted by molar-refractivity contribution is -0.118. The number of nitrogens with one attached hydrogen (secondary N) is 1. The van der Waals surface area contributed by atoms with Crippen LogP contribution in [0.2, 0.25) is 0 Å². The first kappa shape index (κ1) is 13.7. The van der Waals surface area contributed by atoms with Crippen LogP contribution in [0.25, 0.3) is 0 Å². The number of carbonyl (C=O) groups excluding carboxylic acids is 1. The third-order valence-corrected chi connectivity index (χ3v) is 3.07. The van der Waals surface area contributed by atoms with Crippen LogP contribution in [0.3, 0.4) is 0 Å². The van der Waals surface area contributed by atoms with Crippen molar-refractivity contribution < 1.29 is 9.53 Å². The van der Waals surface area contributed by atoms with Gasteiger partial charge in [-0.3, -0.25) is 4.79 Å². The zero-order valence-corrected chi connectivity index (χ0v) is 12.3. The number of rotatable bonds is 4. The first-order chi connectivity index (χ1) is 9.13. The van der Waals surface area contributed by atoms with E-state index in [9.17, 15) is 4.79 Å². The first-order valence-corrected chi connectivity index (χ1v) is 6.75. The molecule has 2 aromatic carbocycles. The average molecular weight is 368 g/mol. The van der Waals surface area contributed by atoms with Gasteiger partial charge >= 0.3 is 0 Å². The summed E-state index contributed by atoms with van der Waals surface area (Å²) in [5, 5.41) is 2.72. The van der Waals surface area contributed by atoms with E-state index >= 15 is 0 Å². The largest absolute Gasteiger partial charge is 0.484 e. The van der Waals surface area contributed by atoms with E-state index in [0.29, 0.717) is 17.1 Å². The lowest BCUT2D eigenvalue weighted by atomic mass is 10.3. The van der Waals surface area contributed by atoms with Crippen molar-refractivity contribution in [2.75, 3.05) is 17.7 Å². The minimum absolute atomic E-state index is 0.0323. The molecule has 2 aromatic rings. The molecular formula is C14H13IN2O2. The zero-order valence-electron chi connectivity index (χ0n) is 10.1. The second kappa shape index (κ2) is 6.42. The molecule has 0 heterocycles. The second-order valence-corrected chi connectivity index (χ2v) is 5.16. The Bertz CT molecular complexity index is 570. The highest BCUT2D eigenvalue weighted by Crippen LogP contribution is 2.14. The van der Waals surface area contributed by atoms with Crippen LogP contribution >= 0.6 is 22.6 Å². The maximum Gasteiger partial charge on any atom is 0.262 e. The topological polar surface area (TPSA) is 64.3 Å². The molecular weight excluding hydrogens is 355 g/mol. The highest BCUT2D eigenvalue weighted by atomic mass is 127. The smallest absolute Gasteiger partial charge is 0.262 e.